The molecular weight excluding hydrogens is 390 g/mol. The van der Waals surface area contributed by atoms with Crippen LogP contribution >= 0.6 is 0 Å². The van der Waals surface area contributed by atoms with Crippen LogP contribution in [-0.2, 0) is 6.54 Å². The van der Waals surface area contributed by atoms with Crippen LogP contribution in [-0.4, -0.2) is 40.3 Å². The van der Waals surface area contributed by atoms with E-state index in [0.717, 1.165) is 31.7 Å². The molecule has 0 amide bonds. The van der Waals surface area contributed by atoms with Crippen LogP contribution in [0.2, 0.25) is 0 Å². The molecule has 2 aliphatic heterocycles. The lowest BCUT2D eigenvalue weighted by atomic mass is 9.82. The molecule has 1 spiro atoms. The summed E-state index contributed by atoms with van der Waals surface area (Å²) < 4.78 is 0. The first-order valence-electron chi connectivity index (χ1n) is 10.5. The van der Waals surface area contributed by atoms with E-state index in [1.165, 1.54) is 11.6 Å². The third kappa shape index (κ3) is 2.68. The van der Waals surface area contributed by atoms with Gasteiger partial charge in [-0.25, -0.2) is 0 Å². The van der Waals surface area contributed by atoms with Gasteiger partial charge in [0.1, 0.15) is 11.4 Å². The fourth-order valence-electron chi connectivity index (χ4n) is 5.10. The molecule has 0 aromatic heterocycles. The van der Waals surface area contributed by atoms with E-state index in [-0.39, 0.29) is 34.1 Å². The Bertz CT molecular complexity index is 1250. The molecule has 6 rings (SSSR count). The Morgan fingerprint density at radius 3 is 2.48 bits per heavy atom. The monoisotopic (exact) mass is 411 g/mol. The number of ketones is 2. The van der Waals surface area contributed by atoms with Crippen molar-refractivity contribution < 1.29 is 14.7 Å². The summed E-state index contributed by atoms with van der Waals surface area (Å²) in [5, 5.41) is 17.3. The summed E-state index contributed by atoms with van der Waals surface area (Å²) in [6, 6.07) is 18.6. The maximum absolute atomic E-state index is 13.3. The van der Waals surface area contributed by atoms with Crippen molar-refractivity contribution in [1.29, 1.82) is 0 Å². The van der Waals surface area contributed by atoms with Gasteiger partial charge >= 0.3 is 0 Å². The Kier molecular flexibility index (Phi) is 3.76. The molecule has 0 radical (unpaired) electrons. The molecule has 1 atom stereocenters. The van der Waals surface area contributed by atoms with Crippen molar-refractivity contribution in [3.05, 3.63) is 88.5 Å². The number of rotatable bonds is 2. The summed E-state index contributed by atoms with van der Waals surface area (Å²) in [7, 11) is 0. The number of hydrogen-bond acceptors (Lipinski definition) is 6. The predicted molar refractivity (Wildman–Crippen MR) is 118 cm³/mol. The number of nitrogens with zero attached hydrogens (tertiary/aromatic N) is 1. The highest BCUT2D eigenvalue weighted by Gasteiger charge is 2.45. The van der Waals surface area contributed by atoms with Gasteiger partial charge in [0.2, 0.25) is 0 Å². The van der Waals surface area contributed by atoms with Crippen molar-refractivity contribution in [2.24, 2.45) is 0 Å². The first-order valence-corrected chi connectivity index (χ1v) is 10.5. The summed E-state index contributed by atoms with van der Waals surface area (Å²) in [5.74, 6) is -0.704. The molecule has 3 aromatic rings. The van der Waals surface area contributed by atoms with E-state index in [2.05, 4.69) is 27.7 Å². The largest absolute Gasteiger partial charge is 0.507 e. The van der Waals surface area contributed by atoms with Crippen molar-refractivity contribution in [2.75, 3.05) is 23.7 Å². The quantitative estimate of drug-likeness (QED) is 0.468. The summed E-state index contributed by atoms with van der Waals surface area (Å²) in [6.07, 6.45) is 0.878. The van der Waals surface area contributed by atoms with E-state index >= 15 is 0 Å². The van der Waals surface area contributed by atoms with Gasteiger partial charge in [-0.3, -0.25) is 14.5 Å². The second-order valence-electron chi connectivity index (χ2n) is 8.55. The van der Waals surface area contributed by atoms with Gasteiger partial charge in [0.05, 0.1) is 22.5 Å². The number of aromatic hydroxyl groups is 1. The van der Waals surface area contributed by atoms with Crippen LogP contribution in [0, 0.1) is 0 Å². The molecule has 2 heterocycles. The third-order valence-corrected chi connectivity index (χ3v) is 6.53. The number of phenols is 1. The lowest BCUT2D eigenvalue weighted by Gasteiger charge is -2.26. The molecule has 0 saturated carbocycles. The lowest BCUT2D eigenvalue weighted by Crippen LogP contribution is -2.44. The summed E-state index contributed by atoms with van der Waals surface area (Å²) in [4.78, 5) is 28.8. The number of likely N-dealkylation sites (tertiary alicyclic amines) is 1. The fraction of sp³-hybridized carbons (Fsp3) is 0.200. The van der Waals surface area contributed by atoms with Crippen LogP contribution in [0.1, 0.15) is 43.8 Å². The van der Waals surface area contributed by atoms with Crippen LogP contribution in [0.5, 0.6) is 5.75 Å². The summed E-state index contributed by atoms with van der Waals surface area (Å²) in [5.41, 5.74) is 3.51. The zero-order chi connectivity index (χ0) is 21.2. The minimum Gasteiger partial charge on any atom is -0.507 e. The molecule has 1 saturated heterocycles. The Hall–Kier alpha value is -3.64. The molecule has 1 unspecified atom stereocenters. The zero-order valence-electron chi connectivity index (χ0n) is 16.8. The van der Waals surface area contributed by atoms with E-state index in [1.807, 2.05) is 24.3 Å². The minimum absolute atomic E-state index is 0.0931. The SMILES string of the molecule is O=C1c2ccc3c(c2C(=O)c2cccc(O)c21)NC1(CCN(Cc2ccccc2)C1)N3. The highest BCUT2D eigenvalue weighted by molar-refractivity contribution is 6.31. The van der Waals surface area contributed by atoms with Crippen LogP contribution in [0.3, 0.4) is 0 Å². The van der Waals surface area contributed by atoms with Crippen molar-refractivity contribution in [3.8, 4) is 5.75 Å². The summed E-state index contributed by atoms with van der Waals surface area (Å²) >= 11 is 0. The number of hydrogen-bond donors (Lipinski definition) is 3. The predicted octanol–water partition coefficient (Wildman–Crippen LogP) is 3.61. The van der Waals surface area contributed by atoms with Crippen LogP contribution < -0.4 is 10.6 Å². The fourth-order valence-corrected chi connectivity index (χ4v) is 5.10. The van der Waals surface area contributed by atoms with Crippen LogP contribution in [0.25, 0.3) is 0 Å². The Balaban J connectivity index is 1.33. The molecule has 154 valence electrons. The van der Waals surface area contributed by atoms with Gasteiger partial charge in [-0.2, -0.15) is 0 Å². The highest BCUT2D eigenvalue weighted by atomic mass is 16.3. The number of benzene rings is 3. The number of nitrogens with one attached hydrogen (secondary N) is 2. The average molecular weight is 411 g/mol. The number of fused-ring (bicyclic) bond motifs is 4. The van der Waals surface area contributed by atoms with Crippen molar-refractivity contribution in [1.82, 2.24) is 4.90 Å². The molecular formula is C25H21N3O3. The van der Waals surface area contributed by atoms with Crippen molar-refractivity contribution in [3.63, 3.8) is 0 Å². The molecule has 3 aromatic carbocycles. The average Bonchev–Trinajstić information content (AvgIpc) is 3.34. The normalized spacial score (nSPS) is 21.4. The van der Waals surface area contributed by atoms with Gasteiger partial charge in [-0.15, -0.1) is 0 Å². The number of phenolic OH excluding ortho intramolecular Hbond substituents is 1. The van der Waals surface area contributed by atoms with Gasteiger partial charge in [-0.1, -0.05) is 42.5 Å². The van der Waals surface area contributed by atoms with E-state index in [9.17, 15) is 14.7 Å². The molecule has 6 heteroatoms. The maximum Gasteiger partial charge on any atom is 0.198 e. The maximum atomic E-state index is 13.3. The topological polar surface area (TPSA) is 81.7 Å². The van der Waals surface area contributed by atoms with Gasteiger partial charge in [0, 0.05) is 37.2 Å². The van der Waals surface area contributed by atoms with E-state index < -0.39 is 0 Å². The number of anilines is 2. The number of carbonyl (C=O) groups is 2. The second-order valence-corrected chi connectivity index (χ2v) is 8.55. The Labute approximate surface area is 179 Å². The van der Waals surface area contributed by atoms with E-state index in [4.69, 9.17) is 0 Å². The second kappa shape index (κ2) is 6.43. The zero-order valence-corrected chi connectivity index (χ0v) is 16.8. The van der Waals surface area contributed by atoms with Gasteiger partial charge < -0.3 is 15.7 Å². The smallest absolute Gasteiger partial charge is 0.198 e. The van der Waals surface area contributed by atoms with Crippen LogP contribution in [0.15, 0.2) is 60.7 Å². The Morgan fingerprint density at radius 2 is 1.65 bits per heavy atom. The molecule has 31 heavy (non-hydrogen) atoms. The van der Waals surface area contributed by atoms with E-state index in [1.54, 1.807) is 18.2 Å². The van der Waals surface area contributed by atoms with Crippen LogP contribution in [0.4, 0.5) is 11.4 Å². The standard InChI is InChI=1S/C25H21N3O3/c29-19-8-4-7-16-20(19)23(30)17-9-10-18-22(21(17)24(16)31)27-25(26-18)11-12-28(14-25)13-15-5-2-1-3-6-15/h1-10,26-27,29H,11-14H2. The van der Waals surface area contributed by atoms with Gasteiger partial charge in [-0.05, 0) is 23.8 Å². The lowest BCUT2D eigenvalue weighted by molar-refractivity contribution is 0.0977. The minimum atomic E-state index is -0.366. The number of carbonyl (C=O) groups excluding carboxylic acids is 2. The van der Waals surface area contributed by atoms with Crippen molar-refractivity contribution in [2.45, 2.75) is 18.6 Å². The summed E-state index contributed by atoms with van der Waals surface area (Å²) in [6.45, 7) is 2.57. The molecule has 0 bridgehead atoms. The third-order valence-electron chi connectivity index (χ3n) is 6.53. The van der Waals surface area contributed by atoms with Gasteiger partial charge in [0.25, 0.3) is 0 Å². The molecule has 3 aliphatic rings. The first kappa shape index (κ1) is 18.2. The molecule has 6 nitrogen and oxygen atoms in total. The first-order chi connectivity index (χ1) is 15.0. The molecule has 3 N–H and O–H groups in total. The molecule has 1 fully saturated rings. The highest BCUT2D eigenvalue weighted by Crippen LogP contribution is 2.45. The Morgan fingerprint density at radius 1 is 0.871 bits per heavy atom. The van der Waals surface area contributed by atoms with Crippen molar-refractivity contribution >= 4 is 22.9 Å². The van der Waals surface area contributed by atoms with E-state index in [0.29, 0.717) is 16.8 Å². The van der Waals surface area contributed by atoms with Gasteiger partial charge in [0.15, 0.2) is 11.6 Å². The molecule has 1 aliphatic carbocycles.